The van der Waals surface area contributed by atoms with Crippen molar-refractivity contribution in [3.05, 3.63) is 42.5 Å². The van der Waals surface area contributed by atoms with E-state index >= 15 is 0 Å². The van der Waals surface area contributed by atoms with E-state index in [1.807, 2.05) is 23.5 Å². The Balaban J connectivity index is 1.23. The van der Waals surface area contributed by atoms with Gasteiger partial charge in [-0.1, -0.05) is 30.8 Å². The highest BCUT2D eigenvalue weighted by atomic mass is 32.2. The first-order chi connectivity index (χ1) is 14.7. The van der Waals surface area contributed by atoms with Gasteiger partial charge in [0.25, 0.3) is 0 Å². The van der Waals surface area contributed by atoms with Crippen molar-refractivity contribution in [2.24, 2.45) is 17.8 Å². The van der Waals surface area contributed by atoms with Crippen LogP contribution in [0.2, 0.25) is 0 Å². The summed E-state index contributed by atoms with van der Waals surface area (Å²) in [5.74, 6) is 4.14. The Hall–Kier alpha value is -1.10. The molecule has 4 bridgehead atoms. The maximum Gasteiger partial charge on any atom is 0.0564 e. The molecule has 2 aromatic rings. The molecule has 0 saturated heterocycles. The van der Waals surface area contributed by atoms with Gasteiger partial charge in [0.2, 0.25) is 0 Å². The number of benzene rings is 2. The Morgan fingerprint density at radius 1 is 0.967 bits per heavy atom. The zero-order valence-electron chi connectivity index (χ0n) is 17.9. The Labute approximate surface area is 189 Å². The smallest absolute Gasteiger partial charge is 0.0564 e. The van der Waals surface area contributed by atoms with Crippen LogP contribution in [0.4, 0.5) is 11.4 Å². The van der Waals surface area contributed by atoms with Crippen molar-refractivity contribution >= 4 is 34.9 Å². The van der Waals surface area contributed by atoms with E-state index in [4.69, 9.17) is 0 Å². The fraction of sp³-hybridized carbons (Fsp3) is 0.538. The lowest BCUT2D eigenvalue weighted by Gasteiger charge is -2.57. The fourth-order valence-electron chi connectivity index (χ4n) is 7.07. The van der Waals surface area contributed by atoms with Crippen molar-refractivity contribution in [3.8, 4) is 0 Å². The molecule has 0 radical (unpaired) electrons. The molecule has 0 aromatic heterocycles. The topological polar surface area (TPSA) is 15.3 Å². The molecule has 5 aliphatic rings. The number of nitrogens with one attached hydrogen (secondary N) is 1. The number of hydrogen-bond acceptors (Lipinski definition) is 4. The molecule has 4 heteroatoms. The van der Waals surface area contributed by atoms with Gasteiger partial charge in [0.05, 0.1) is 11.4 Å². The summed E-state index contributed by atoms with van der Waals surface area (Å²) in [6.45, 7) is 4.36. The number of thioether (sulfide) groups is 1. The van der Waals surface area contributed by atoms with Gasteiger partial charge in [0.1, 0.15) is 0 Å². The number of hydrogen-bond donors (Lipinski definition) is 1. The summed E-state index contributed by atoms with van der Waals surface area (Å²) in [5.41, 5.74) is 3.21. The maximum atomic E-state index is 4.12. The lowest BCUT2D eigenvalue weighted by molar-refractivity contribution is -0.0190. The molecular weight excluding hydrogens is 404 g/mol. The average Bonchev–Trinajstić information content (AvgIpc) is 2.73. The summed E-state index contributed by atoms with van der Waals surface area (Å²) in [6.07, 6.45) is 8.84. The predicted octanol–water partition coefficient (Wildman–Crippen LogP) is 6.96. The fourth-order valence-corrected chi connectivity index (χ4v) is 8.84. The quantitative estimate of drug-likeness (QED) is 0.492. The molecule has 2 aromatic carbocycles. The molecule has 2 nitrogen and oxygen atoms in total. The van der Waals surface area contributed by atoms with Gasteiger partial charge in [-0.3, -0.25) is 0 Å². The molecule has 0 atom stereocenters. The Bertz CT molecular complexity index is 905. The number of anilines is 2. The SMILES string of the molecule is CCSc1ccc2c(c1)N(CCNC13CC4CC(CC(C4)C1)C3)c1ccccc1S2. The summed E-state index contributed by atoms with van der Waals surface area (Å²) < 4.78 is 0. The maximum absolute atomic E-state index is 4.12. The van der Waals surface area contributed by atoms with Crippen LogP contribution in [0.5, 0.6) is 0 Å². The van der Waals surface area contributed by atoms with Gasteiger partial charge in [0.15, 0.2) is 0 Å². The molecular formula is C26H32N2S2. The Kier molecular flexibility index (Phi) is 5.08. The monoisotopic (exact) mass is 436 g/mol. The average molecular weight is 437 g/mol. The van der Waals surface area contributed by atoms with Crippen molar-refractivity contribution in [2.45, 2.75) is 65.7 Å². The van der Waals surface area contributed by atoms with Crippen LogP contribution in [0.3, 0.4) is 0 Å². The first kappa shape index (κ1) is 19.6. The highest BCUT2D eigenvalue weighted by Gasteiger charge is 2.50. The van der Waals surface area contributed by atoms with Gasteiger partial charge < -0.3 is 10.2 Å². The second kappa shape index (κ2) is 7.79. The van der Waals surface area contributed by atoms with Gasteiger partial charge in [-0.2, -0.15) is 0 Å². The summed E-state index contributed by atoms with van der Waals surface area (Å²) in [5, 5.41) is 4.12. The zero-order chi connectivity index (χ0) is 20.1. The van der Waals surface area contributed by atoms with Crippen molar-refractivity contribution < 1.29 is 0 Å². The molecule has 1 N–H and O–H groups in total. The van der Waals surface area contributed by atoms with Gasteiger partial charge in [-0.15, -0.1) is 11.8 Å². The third-order valence-corrected chi connectivity index (χ3v) is 9.79. The van der Waals surface area contributed by atoms with E-state index < -0.39 is 0 Å². The molecule has 158 valence electrons. The summed E-state index contributed by atoms with van der Waals surface area (Å²) in [7, 11) is 0. The summed E-state index contributed by atoms with van der Waals surface area (Å²) in [6, 6.07) is 16.0. The van der Waals surface area contributed by atoms with E-state index in [2.05, 4.69) is 59.6 Å². The van der Waals surface area contributed by atoms with E-state index in [-0.39, 0.29) is 0 Å². The van der Waals surface area contributed by atoms with Gasteiger partial charge in [0, 0.05) is 33.3 Å². The van der Waals surface area contributed by atoms with Crippen LogP contribution in [0.1, 0.15) is 45.4 Å². The molecule has 0 spiro atoms. The van der Waals surface area contributed by atoms with Crippen molar-refractivity contribution in [1.82, 2.24) is 5.32 Å². The first-order valence-corrected chi connectivity index (χ1v) is 13.6. The highest BCUT2D eigenvalue weighted by Crippen LogP contribution is 2.55. The summed E-state index contributed by atoms with van der Waals surface area (Å²) >= 11 is 3.86. The molecule has 4 fully saturated rings. The van der Waals surface area contributed by atoms with Crippen LogP contribution in [-0.4, -0.2) is 24.4 Å². The number of nitrogens with zero attached hydrogens (tertiary/aromatic N) is 1. The third kappa shape index (κ3) is 3.49. The predicted molar refractivity (Wildman–Crippen MR) is 129 cm³/mol. The Morgan fingerprint density at radius 3 is 2.40 bits per heavy atom. The van der Waals surface area contributed by atoms with E-state index in [1.54, 1.807) is 0 Å². The second-order valence-electron chi connectivity index (χ2n) is 9.91. The van der Waals surface area contributed by atoms with E-state index in [0.29, 0.717) is 5.54 Å². The normalized spacial score (nSPS) is 31.0. The summed E-state index contributed by atoms with van der Waals surface area (Å²) in [4.78, 5) is 6.74. The minimum absolute atomic E-state index is 0.446. The molecule has 0 amide bonds. The molecule has 4 aliphatic carbocycles. The largest absolute Gasteiger partial charge is 0.338 e. The van der Waals surface area contributed by atoms with E-state index in [9.17, 15) is 0 Å². The number of fused-ring (bicyclic) bond motifs is 2. The number of rotatable bonds is 6. The van der Waals surface area contributed by atoms with E-state index in [1.165, 1.54) is 64.6 Å². The highest BCUT2D eigenvalue weighted by molar-refractivity contribution is 8.00. The van der Waals surface area contributed by atoms with Crippen LogP contribution in [0, 0.1) is 17.8 Å². The molecule has 30 heavy (non-hydrogen) atoms. The third-order valence-electron chi connectivity index (χ3n) is 7.78. The lowest BCUT2D eigenvalue weighted by atomic mass is 9.53. The van der Waals surface area contributed by atoms with Gasteiger partial charge in [-0.25, -0.2) is 0 Å². The first-order valence-electron chi connectivity index (χ1n) is 11.8. The molecule has 0 unspecified atom stereocenters. The molecule has 1 heterocycles. The van der Waals surface area contributed by atoms with Crippen LogP contribution < -0.4 is 10.2 Å². The lowest BCUT2D eigenvalue weighted by Crippen LogP contribution is -2.59. The second-order valence-corrected chi connectivity index (χ2v) is 12.3. The minimum atomic E-state index is 0.446. The van der Waals surface area contributed by atoms with Crippen LogP contribution in [-0.2, 0) is 0 Å². The molecule has 1 aliphatic heterocycles. The van der Waals surface area contributed by atoms with Crippen molar-refractivity contribution in [3.63, 3.8) is 0 Å². The van der Waals surface area contributed by atoms with Crippen molar-refractivity contribution in [1.29, 1.82) is 0 Å². The van der Waals surface area contributed by atoms with Crippen LogP contribution in [0.25, 0.3) is 0 Å². The van der Waals surface area contributed by atoms with Gasteiger partial charge >= 0.3 is 0 Å². The standard InChI is InChI=1S/C26H32N2S2/c1-2-29-21-7-8-25-23(14-21)28(22-5-3-4-6-24(22)30-25)10-9-27-26-15-18-11-19(16-26)13-20(12-18)17-26/h3-8,14,18-20,27H,2,9-13,15-17H2,1H3. The van der Waals surface area contributed by atoms with Crippen molar-refractivity contribution in [2.75, 3.05) is 23.7 Å². The molecule has 4 saturated carbocycles. The Morgan fingerprint density at radius 2 is 1.67 bits per heavy atom. The number of para-hydroxylation sites is 1. The van der Waals surface area contributed by atoms with Crippen LogP contribution >= 0.6 is 23.5 Å². The van der Waals surface area contributed by atoms with Crippen LogP contribution in [0.15, 0.2) is 57.2 Å². The minimum Gasteiger partial charge on any atom is -0.338 e. The van der Waals surface area contributed by atoms with E-state index in [0.717, 1.165) is 36.6 Å². The molecule has 7 rings (SSSR count). The zero-order valence-corrected chi connectivity index (χ0v) is 19.5. The van der Waals surface area contributed by atoms with Gasteiger partial charge in [-0.05, 0) is 92.4 Å².